The smallest absolute Gasteiger partial charge is 0.229 e. The number of carbonyl (C=O) groups is 2. The Hall–Kier alpha value is -0.940. The molecule has 3 rings (SSSR count). The van der Waals surface area contributed by atoms with Crippen LogP contribution in [0.2, 0.25) is 0 Å². The molecule has 0 radical (unpaired) electrons. The van der Waals surface area contributed by atoms with Crippen LogP contribution in [0.1, 0.15) is 51.4 Å². The predicted molar refractivity (Wildman–Crippen MR) is 78.7 cm³/mol. The van der Waals surface area contributed by atoms with Gasteiger partial charge in [-0.15, -0.1) is 0 Å². The van der Waals surface area contributed by atoms with E-state index in [0.717, 1.165) is 38.8 Å². The van der Waals surface area contributed by atoms with E-state index in [0.29, 0.717) is 26.0 Å². The monoisotopic (exact) mass is 294 g/mol. The molecule has 2 amide bonds. The van der Waals surface area contributed by atoms with E-state index >= 15 is 0 Å². The van der Waals surface area contributed by atoms with E-state index in [-0.39, 0.29) is 23.3 Å². The first-order valence-electron chi connectivity index (χ1n) is 8.34. The normalized spacial score (nSPS) is 26.8. The van der Waals surface area contributed by atoms with Gasteiger partial charge in [-0.05, 0) is 44.2 Å². The van der Waals surface area contributed by atoms with Crippen molar-refractivity contribution in [1.29, 1.82) is 0 Å². The number of piperidine rings is 2. The predicted octanol–water partition coefficient (Wildman–Crippen LogP) is 1.46. The zero-order chi connectivity index (χ0) is 14.7. The molecule has 5 nitrogen and oxygen atoms in total. The summed E-state index contributed by atoms with van der Waals surface area (Å²) < 4.78 is 5.81. The van der Waals surface area contributed by atoms with E-state index in [1.165, 1.54) is 17.7 Å². The highest BCUT2D eigenvalue weighted by atomic mass is 16.5. The highest BCUT2D eigenvalue weighted by Gasteiger charge is 2.44. The number of carbonyl (C=O) groups excluding carboxylic acids is 2. The van der Waals surface area contributed by atoms with Crippen LogP contribution in [0.3, 0.4) is 0 Å². The van der Waals surface area contributed by atoms with E-state index < -0.39 is 0 Å². The molecule has 0 aromatic rings. The summed E-state index contributed by atoms with van der Waals surface area (Å²) >= 11 is 0. The molecule has 1 spiro atoms. The number of amides is 2. The zero-order valence-corrected chi connectivity index (χ0v) is 12.7. The van der Waals surface area contributed by atoms with Gasteiger partial charge in [0, 0.05) is 12.8 Å². The van der Waals surface area contributed by atoms with Crippen LogP contribution >= 0.6 is 0 Å². The minimum Gasteiger partial charge on any atom is -0.376 e. The van der Waals surface area contributed by atoms with Gasteiger partial charge < -0.3 is 10.1 Å². The lowest BCUT2D eigenvalue weighted by Gasteiger charge is -2.37. The number of imide groups is 1. The standard InChI is InChI=1S/C16H26N2O3/c19-14-11-16(5-1-2-6-16)12-15(20)18(14)9-10-21-13-3-7-17-8-4-13/h13,17H,1-12H2. The maximum absolute atomic E-state index is 12.3. The highest BCUT2D eigenvalue weighted by Crippen LogP contribution is 2.46. The van der Waals surface area contributed by atoms with E-state index in [4.69, 9.17) is 4.74 Å². The molecule has 1 aliphatic carbocycles. The zero-order valence-electron chi connectivity index (χ0n) is 12.7. The maximum Gasteiger partial charge on any atom is 0.229 e. The van der Waals surface area contributed by atoms with Gasteiger partial charge in [-0.25, -0.2) is 0 Å². The topological polar surface area (TPSA) is 58.6 Å². The first kappa shape index (κ1) is 15.0. The highest BCUT2D eigenvalue weighted by molar-refractivity contribution is 5.98. The molecular formula is C16H26N2O3. The Kier molecular flexibility index (Phi) is 4.60. The Bertz CT molecular complexity index is 378. The molecule has 1 saturated carbocycles. The fourth-order valence-corrected chi connectivity index (χ4v) is 4.03. The third-order valence-electron chi connectivity index (χ3n) is 5.27. The van der Waals surface area contributed by atoms with Gasteiger partial charge >= 0.3 is 0 Å². The Labute approximate surface area is 126 Å². The summed E-state index contributed by atoms with van der Waals surface area (Å²) in [5, 5.41) is 3.30. The SMILES string of the molecule is O=C1CC2(CCCC2)CC(=O)N1CCOC1CCNCC1. The van der Waals surface area contributed by atoms with Crippen LogP contribution in [-0.2, 0) is 14.3 Å². The Morgan fingerprint density at radius 2 is 1.71 bits per heavy atom. The molecular weight excluding hydrogens is 268 g/mol. The van der Waals surface area contributed by atoms with E-state index in [1.807, 2.05) is 0 Å². The molecule has 0 aromatic heterocycles. The number of nitrogens with zero attached hydrogens (tertiary/aromatic N) is 1. The second-order valence-corrected chi connectivity index (χ2v) is 6.82. The number of nitrogens with one attached hydrogen (secondary N) is 1. The van der Waals surface area contributed by atoms with Crippen molar-refractivity contribution in [3.63, 3.8) is 0 Å². The van der Waals surface area contributed by atoms with Crippen LogP contribution in [-0.4, -0.2) is 49.1 Å². The van der Waals surface area contributed by atoms with Gasteiger partial charge in [0.1, 0.15) is 0 Å². The van der Waals surface area contributed by atoms with Crippen LogP contribution in [0.25, 0.3) is 0 Å². The molecule has 2 heterocycles. The number of ether oxygens (including phenoxy) is 1. The van der Waals surface area contributed by atoms with Crippen LogP contribution in [0.15, 0.2) is 0 Å². The molecule has 0 bridgehead atoms. The molecule has 0 aromatic carbocycles. The lowest BCUT2D eigenvalue weighted by Crippen LogP contribution is -2.48. The van der Waals surface area contributed by atoms with Crippen molar-refractivity contribution < 1.29 is 14.3 Å². The summed E-state index contributed by atoms with van der Waals surface area (Å²) in [6.07, 6.45) is 7.86. The van der Waals surface area contributed by atoms with Crippen LogP contribution in [0.5, 0.6) is 0 Å². The van der Waals surface area contributed by atoms with Crippen LogP contribution in [0, 0.1) is 5.41 Å². The van der Waals surface area contributed by atoms with Crippen LogP contribution in [0.4, 0.5) is 0 Å². The van der Waals surface area contributed by atoms with Gasteiger partial charge in [0.15, 0.2) is 0 Å². The first-order valence-corrected chi connectivity index (χ1v) is 8.34. The van der Waals surface area contributed by atoms with E-state index in [9.17, 15) is 9.59 Å². The van der Waals surface area contributed by atoms with Crippen molar-refractivity contribution in [3.05, 3.63) is 0 Å². The average Bonchev–Trinajstić information content (AvgIpc) is 2.91. The Morgan fingerprint density at radius 3 is 2.33 bits per heavy atom. The largest absolute Gasteiger partial charge is 0.376 e. The fourth-order valence-electron chi connectivity index (χ4n) is 4.03. The summed E-state index contributed by atoms with van der Waals surface area (Å²) in [5.41, 5.74) is 0.000559. The Morgan fingerprint density at radius 1 is 1.10 bits per heavy atom. The van der Waals surface area contributed by atoms with Gasteiger partial charge in [-0.1, -0.05) is 12.8 Å². The number of likely N-dealkylation sites (tertiary alicyclic amines) is 1. The molecule has 2 saturated heterocycles. The molecule has 21 heavy (non-hydrogen) atoms. The maximum atomic E-state index is 12.3. The average molecular weight is 294 g/mol. The minimum atomic E-state index is 0.000559. The molecule has 0 atom stereocenters. The van der Waals surface area contributed by atoms with Crippen molar-refractivity contribution in [1.82, 2.24) is 10.2 Å². The van der Waals surface area contributed by atoms with E-state index in [2.05, 4.69) is 5.32 Å². The van der Waals surface area contributed by atoms with Gasteiger partial charge in [-0.3, -0.25) is 14.5 Å². The number of rotatable bonds is 4. The van der Waals surface area contributed by atoms with E-state index in [1.54, 1.807) is 0 Å². The molecule has 3 aliphatic rings. The van der Waals surface area contributed by atoms with Crippen molar-refractivity contribution in [2.75, 3.05) is 26.2 Å². The first-order chi connectivity index (χ1) is 10.2. The fraction of sp³-hybridized carbons (Fsp3) is 0.875. The molecule has 118 valence electrons. The molecule has 3 fully saturated rings. The summed E-state index contributed by atoms with van der Waals surface area (Å²) in [6.45, 7) is 2.90. The summed E-state index contributed by atoms with van der Waals surface area (Å²) in [5.74, 6) is 0.0316. The second-order valence-electron chi connectivity index (χ2n) is 6.82. The Balaban J connectivity index is 1.47. The molecule has 0 unspecified atom stereocenters. The van der Waals surface area contributed by atoms with Crippen LogP contribution < -0.4 is 5.32 Å². The van der Waals surface area contributed by atoms with Gasteiger partial charge in [-0.2, -0.15) is 0 Å². The lowest BCUT2D eigenvalue weighted by atomic mass is 9.76. The van der Waals surface area contributed by atoms with Crippen molar-refractivity contribution in [2.45, 2.75) is 57.5 Å². The van der Waals surface area contributed by atoms with Gasteiger partial charge in [0.25, 0.3) is 0 Å². The second kappa shape index (κ2) is 6.44. The van der Waals surface area contributed by atoms with Crippen molar-refractivity contribution >= 4 is 11.8 Å². The van der Waals surface area contributed by atoms with Crippen molar-refractivity contribution in [3.8, 4) is 0 Å². The number of hydrogen-bond acceptors (Lipinski definition) is 4. The summed E-state index contributed by atoms with van der Waals surface area (Å²) in [4.78, 5) is 26.0. The summed E-state index contributed by atoms with van der Waals surface area (Å²) in [6, 6.07) is 0. The van der Waals surface area contributed by atoms with Crippen molar-refractivity contribution in [2.24, 2.45) is 5.41 Å². The van der Waals surface area contributed by atoms with Gasteiger partial charge in [0.05, 0.1) is 19.3 Å². The third kappa shape index (κ3) is 3.46. The lowest BCUT2D eigenvalue weighted by molar-refractivity contribution is -0.154. The number of hydrogen-bond donors (Lipinski definition) is 1. The molecule has 1 N–H and O–H groups in total. The third-order valence-corrected chi connectivity index (χ3v) is 5.27. The molecule has 2 aliphatic heterocycles. The minimum absolute atomic E-state index is 0.000559. The summed E-state index contributed by atoms with van der Waals surface area (Å²) in [7, 11) is 0. The molecule has 5 heteroatoms. The quantitative estimate of drug-likeness (QED) is 0.798. The van der Waals surface area contributed by atoms with Gasteiger partial charge in [0.2, 0.25) is 11.8 Å².